The van der Waals surface area contributed by atoms with E-state index in [-0.39, 0.29) is 28.5 Å². The number of ether oxygens (including phenoxy) is 2. The van der Waals surface area contributed by atoms with Crippen LogP contribution in [0.2, 0.25) is 0 Å². The summed E-state index contributed by atoms with van der Waals surface area (Å²) < 4.78 is 10.2. The monoisotopic (exact) mass is 375 g/mol. The Kier molecular flexibility index (Phi) is 6.35. The molecule has 0 aliphatic carbocycles. The summed E-state index contributed by atoms with van der Waals surface area (Å²) in [6.45, 7) is 3.97. The quantitative estimate of drug-likeness (QED) is 0.587. The molecule has 1 N–H and O–H groups in total. The van der Waals surface area contributed by atoms with Gasteiger partial charge in [-0.2, -0.15) is 5.10 Å². The number of nitrogens with one attached hydrogen (secondary N) is 1. The van der Waals surface area contributed by atoms with Crippen molar-refractivity contribution in [3.63, 3.8) is 0 Å². The number of aromatic carboxylic acids is 1. The van der Waals surface area contributed by atoms with Crippen LogP contribution in [0.25, 0.3) is 0 Å². The van der Waals surface area contributed by atoms with Crippen molar-refractivity contribution in [2.24, 2.45) is 5.10 Å². The smallest absolute Gasteiger partial charge is 0.281 e. The lowest BCUT2D eigenvalue weighted by atomic mass is 10.1. The predicted molar refractivity (Wildman–Crippen MR) is 97.4 cm³/mol. The number of thiophene rings is 1. The van der Waals surface area contributed by atoms with E-state index in [0.717, 1.165) is 16.9 Å². The molecule has 26 heavy (non-hydrogen) atoms. The minimum atomic E-state index is -1.44. The minimum Gasteiger partial charge on any atom is -0.545 e. The lowest BCUT2D eigenvalue weighted by Gasteiger charge is -2.15. The fraction of sp³-hybridized carbons (Fsp3) is 0.278. The molecule has 1 aromatic heterocycles. The molecule has 7 nitrogen and oxygen atoms in total. The van der Waals surface area contributed by atoms with E-state index in [0.29, 0.717) is 4.88 Å². The second-order valence-electron chi connectivity index (χ2n) is 5.32. The molecule has 0 radical (unpaired) electrons. The maximum absolute atomic E-state index is 12.2. The Bertz CT molecular complexity index is 858. The molecule has 138 valence electrons. The lowest BCUT2D eigenvalue weighted by Crippen LogP contribution is -2.25. The Labute approximate surface area is 155 Å². The van der Waals surface area contributed by atoms with Crippen molar-refractivity contribution in [2.75, 3.05) is 14.2 Å². The largest absolute Gasteiger partial charge is 0.545 e. The van der Waals surface area contributed by atoms with Gasteiger partial charge in [0.2, 0.25) is 0 Å². The zero-order chi connectivity index (χ0) is 19.3. The molecule has 0 unspecified atom stereocenters. The lowest BCUT2D eigenvalue weighted by molar-refractivity contribution is -0.255. The van der Waals surface area contributed by atoms with Gasteiger partial charge >= 0.3 is 0 Å². The minimum absolute atomic E-state index is 0.0317. The summed E-state index contributed by atoms with van der Waals surface area (Å²) >= 11 is 1.41. The number of carbonyl (C=O) groups is 2. The topological polar surface area (TPSA) is 100 Å². The van der Waals surface area contributed by atoms with Crippen molar-refractivity contribution in [2.45, 2.75) is 20.3 Å². The number of amides is 1. The summed E-state index contributed by atoms with van der Waals surface area (Å²) in [7, 11) is 2.73. The molecule has 1 aromatic carbocycles. The molecule has 0 saturated carbocycles. The molecule has 8 heteroatoms. The van der Waals surface area contributed by atoms with Gasteiger partial charge in [0.05, 0.1) is 36.8 Å². The van der Waals surface area contributed by atoms with Crippen LogP contribution < -0.4 is 20.0 Å². The van der Waals surface area contributed by atoms with E-state index in [2.05, 4.69) is 10.5 Å². The average molecular weight is 375 g/mol. The Morgan fingerprint density at radius 2 is 2.04 bits per heavy atom. The zero-order valence-electron chi connectivity index (χ0n) is 14.9. The third-order valence-corrected chi connectivity index (χ3v) is 5.10. The van der Waals surface area contributed by atoms with Crippen LogP contribution in [-0.2, 0) is 6.42 Å². The molecule has 0 bridgehead atoms. The first-order chi connectivity index (χ1) is 12.4. The summed E-state index contributed by atoms with van der Waals surface area (Å²) in [5.41, 5.74) is 3.48. The predicted octanol–water partition coefficient (Wildman–Crippen LogP) is 1.76. The maximum atomic E-state index is 12.2. The number of aryl methyl sites for hydroxylation is 2. The number of benzene rings is 1. The number of methoxy groups -OCH3 is 2. The second kappa shape index (κ2) is 8.48. The van der Waals surface area contributed by atoms with E-state index < -0.39 is 5.97 Å². The fourth-order valence-corrected chi connectivity index (χ4v) is 3.46. The Morgan fingerprint density at radius 3 is 2.58 bits per heavy atom. The molecule has 0 saturated heterocycles. The number of hydrazone groups is 1. The van der Waals surface area contributed by atoms with Crippen LogP contribution in [0.3, 0.4) is 0 Å². The van der Waals surface area contributed by atoms with E-state index in [1.54, 1.807) is 12.1 Å². The SMILES string of the molecule is CCc1sc(C(=O)N/N=C\c2ccc(OC)c(OC)c2C(=O)[O-])cc1C. The number of carboxylic acid groups (broad SMARTS) is 1. The molecular weight excluding hydrogens is 356 g/mol. The van der Waals surface area contributed by atoms with Crippen molar-refractivity contribution in [1.82, 2.24) is 5.43 Å². The van der Waals surface area contributed by atoms with Gasteiger partial charge in [-0.05, 0) is 37.1 Å². The van der Waals surface area contributed by atoms with Crippen LogP contribution in [0.4, 0.5) is 0 Å². The number of rotatable bonds is 7. The number of carbonyl (C=O) groups excluding carboxylic acids is 2. The van der Waals surface area contributed by atoms with Crippen molar-refractivity contribution in [3.05, 3.63) is 44.6 Å². The Hall–Kier alpha value is -2.87. The van der Waals surface area contributed by atoms with Crippen molar-refractivity contribution < 1.29 is 24.2 Å². The molecule has 0 atom stereocenters. The van der Waals surface area contributed by atoms with E-state index in [1.165, 1.54) is 37.8 Å². The van der Waals surface area contributed by atoms with Gasteiger partial charge < -0.3 is 19.4 Å². The van der Waals surface area contributed by atoms with Gasteiger partial charge in [-0.25, -0.2) is 5.43 Å². The fourth-order valence-electron chi connectivity index (χ4n) is 2.46. The summed E-state index contributed by atoms with van der Waals surface area (Å²) in [6.07, 6.45) is 2.08. The van der Waals surface area contributed by atoms with Gasteiger partial charge in [-0.3, -0.25) is 4.79 Å². The zero-order valence-corrected chi connectivity index (χ0v) is 15.7. The second-order valence-corrected chi connectivity index (χ2v) is 6.46. The molecule has 2 aromatic rings. The Balaban J connectivity index is 2.24. The summed E-state index contributed by atoms with van der Waals surface area (Å²) in [5, 5.41) is 15.3. The van der Waals surface area contributed by atoms with Gasteiger partial charge in [-0.15, -0.1) is 11.3 Å². The first-order valence-corrected chi connectivity index (χ1v) is 8.63. The van der Waals surface area contributed by atoms with Crippen molar-refractivity contribution >= 4 is 29.4 Å². The molecule has 1 heterocycles. The summed E-state index contributed by atoms with van der Waals surface area (Å²) in [5.74, 6) is -1.50. The first-order valence-electron chi connectivity index (χ1n) is 7.81. The van der Waals surface area contributed by atoms with Crippen LogP contribution in [0.15, 0.2) is 23.3 Å². The summed E-state index contributed by atoms with van der Waals surface area (Å²) in [4.78, 5) is 25.3. The number of hydrogen-bond donors (Lipinski definition) is 1. The van der Waals surface area contributed by atoms with Gasteiger partial charge in [0.15, 0.2) is 11.5 Å². The van der Waals surface area contributed by atoms with Crippen molar-refractivity contribution in [3.8, 4) is 11.5 Å². The van der Waals surface area contributed by atoms with Gasteiger partial charge in [0.25, 0.3) is 5.91 Å². The number of nitrogens with zero attached hydrogens (tertiary/aromatic N) is 1. The first kappa shape index (κ1) is 19.5. The average Bonchev–Trinajstić information content (AvgIpc) is 3.01. The third-order valence-electron chi connectivity index (χ3n) is 3.72. The van der Waals surface area contributed by atoms with Crippen LogP contribution in [-0.4, -0.2) is 32.3 Å². The summed E-state index contributed by atoms with van der Waals surface area (Å²) in [6, 6.07) is 4.84. The highest BCUT2D eigenvalue weighted by Crippen LogP contribution is 2.32. The van der Waals surface area contributed by atoms with Crippen LogP contribution in [0.5, 0.6) is 11.5 Å². The van der Waals surface area contributed by atoms with Gasteiger partial charge in [-0.1, -0.05) is 6.92 Å². The highest BCUT2D eigenvalue weighted by molar-refractivity contribution is 7.14. The third kappa shape index (κ3) is 4.02. The molecule has 2 rings (SSSR count). The Morgan fingerprint density at radius 1 is 1.31 bits per heavy atom. The molecule has 0 aliphatic heterocycles. The molecule has 0 fully saturated rings. The standard InChI is InChI=1S/C18H20N2O5S/c1-5-13-10(2)8-14(26-13)17(21)20-19-9-11-6-7-12(24-3)16(25-4)15(11)18(22)23/h6-9H,5H2,1-4H3,(H,20,21)(H,22,23)/p-1/b19-9-. The van der Waals surface area contributed by atoms with E-state index in [1.807, 2.05) is 13.8 Å². The number of carboxylic acids is 1. The van der Waals surface area contributed by atoms with Crippen molar-refractivity contribution in [1.29, 1.82) is 0 Å². The van der Waals surface area contributed by atoms with Gasteiger partial charge in [0.1, 0.15) is 0 Å². The van der Waals surface area contributed by atoms with E-state index in [9.17, 15) is 14.7 Å². The molecule has 1 amide bonds. The van der Waals surface area contributed by atoms with E-state index >= 15 is 0 Å². The number of hydrogen-bond acceptors (Lipinski definition) is 7. The maximum Gasteiger partial charge on any atom is 0.281 e. The van der Waals surface area contributed by atoms with Gasteiger partial charge in [0, 0.05) is 10.4 Å². The normalized spacial score (nSPS) is 10.8. The molecule has 0 spiro atoms. The van der Waals surface area contributed by atoms with Crippen LogP contribution in [0, 0.1) is 6.92 Å². The molecule has 0 aliphatic rings. The highest BCUT2D eigenvalue weighted by atomic mass is 32.1. The van der Waals surface area contributed by atoms with Crippen LogP contribution in [0.1, 0.15) is 43.0 Å². The van der Waals surface area contributed by atoms with E-state index in [4.69, 9.17) is 9.47 Å². The highest BCUT2D eigenvalue weighted by Gasteiger charge is 2.15. The van der Waals surface area contributed by atoms with Crippen LogP contribution >= 0.6 is 11.3 Å². The molecular formula is C18H19N2O5S-.